The zero-order chi connectivity index (χ0) is 20.3. The third kappa shape index (κ3) is 5.05. The third-order valence-corrected chi connectivity index (χ3v) is 5.14. The molecule has 0 atom stereocenters. The fraction of sp³-hybridized carbons (Fsp3) is 0.150. The minimum absolute atomic E-state index is 0.0209. The van der Waals surface area contributed by atoms with Crippen LogP contribution in [0.4, 0.5) is 18.9 Å². The first-order valence-electron chi connectivity index (χ1n) is 8.17. The van der Waals surface area contributed by atoms with Crippen LogP contribution in [0.2, 0.25) is 5.02 Å². The summed E-state index contributed by atoms with van der Waals surface area (Å²) in [6, 6.07) is 12.5. The number of thiophene rings is 1. The molecule has 0 spiro atoms. The van der Waals surface area contributed by atoms with Crippen LogP contribution in [0, 0.1) is 6.92 Å². The Balaban J connectivity index is 1.65. The van der Waals surface area contributed by atoms with E-state index in [-0.39, 0.29) is 12.3 Å². The molecule has 8 heteroatoms. The normalized spacial score (nSPS) is 11.3. The lowest BCUT2D eigenvalue weighted by atomic mass is 10.2. The van der Waals surface area contributed by atoms with Crippen LogP contribution in [0.25, 0.3) is 0 Å². The van der Waals surface area contributed by atoms with E-state index in [1.165, 1.54) is 17.4 Å². The maximum Gasteiger partial charge on any atom is 0.417 e. The summed E-state index contributed by atoms with van der Waals surface area (Å²) in [6.07, 6.45) is -4.60. The highest BCUT2D eigenvalue weighted by atomic mass is 35.5. The van der Waals surface area contributed by atoms with Gasteiger partial charge in [-0.2, -0.15) is 13.2 Å². The highest BCUT2D eigenvalue weighted by Gasteiger charge is 2.33. The Morgan fingerprint density at radius 2 is 1.86 bits per heavy atom. The standard InChI is InChI=1S/C20H15ClF3NO2S/c1-12-2-5-15(6-3-12)27-10-13-8-18(28-11-13)19(26)25-14-4-7-17(21)16(9-14)20(22,23)24/h2-9,11H,10H2,1H3,(H,25,26). The first-order valence-corrected chi connectivity index (χ1v) is 9.43. The number of hydrogen-bond acceptors (Lipinski definition) is 3. The van der Waals surface area contributed by atoms with E-state index in [1.54, 1.807) is 11.4 Å². The largest absolute Gasteiger partial charge is 0.489 e. The Morgan fingerprint density at radius 1 is 1.14 bits per heavy atom. The molecule has 0 fully saturated rings. The van der Waals surface area contributed by atoms with Crippen molar-refractivity contribution < 1.29 is 22.7 Å². The number of nitrogens with one attached hydrogen (secondary N) is 1. The molecular weight excluding hydrogens is 411 g/mol. The van der Waals surface area contributed by atoms with Gasteiger partial charge in [0.05, 0.1) is 15.5 Å². The Kier molecular flexibility index (Phi) is 5.96. The highest BCUT2D eigenvalue weighted by molar-refractivity contribution is 7.12. The number of carbonyl (C=O) groups excluding carboxylic acids is 1. The van der Waals surface area contributed by atoms with Gasteiger partial charge in [0.15, 0.2) is 0 Å². The second kappa shape index (κ2) is 8.24. The van der Waals surface area contributed by atoms with E-state index in [0.29, 0.717) is 10.6 Å². The van der Waals surface area contributed by atoms with Crippen molar-refractivity contribution in [2.75, 3.05) is 5.32 Å². The summed E-state index contributed by atoms with van der Waals surface area (Å²) in [4.78, 5) is 12.7. The highest BCUT2D eigenvalue weighted by Crippen LogP contribution is 2.36. The van der Waals surface area contributed by atoms with Crippen molar-refractivity contribution in [3.8, 4) is 5.75 Å². The number of alkyl halides is 3. The van der Waals surface area contributed by atoms with Crippen molar-refractivity contribution in [2.45, 2.75) is 19.7 Å². The monoisotopic (exact) mass is 425 g/mol. The molecule has 1 amide bonds. The second-order valence-corrected chi connectivity index (χ2v) is 7.39. The van der Waals surface area contributed by atoms with Gasteiger partial charge in [0.1, 0.15) is 12.4 Å². The van der Waals surface area contributed by atoms with Gasteiger partial charge in [-0.05, 0) is 48.7 Å². The number of ether oxygens (including phenoxy) is 1. The molecule has 1 N–H and O–H groups in total. The lowest BCUT2D eigenvalue weighted by Crippen LogP contribution is -2.12. The molecule has 3 rings (SSSR count). The molecule has 0 aliphatic carbocycles. The molecule has 3 aromatic rings. The molecule has 1 aromatic heterocycles. The minimum atomic E-state index is -4.60. The number of aryl methyl sites for hydroxylation is 1. The SMILES string of the molecule is Cc1ccc(OCc2csc(C(=O)Nc3ccc(Cl)c(C(F)(F)F)c3)c2)cc1. The molecule has 3 nitrogen and oxygen atoms in total. The molecule has 0 aliphatic rings. The topological polar surface area (TPSA) is 38.3 Å². The van der Waals surface area contributed by atoms with Crippen molar-refractivity contribution in [1.29, 1.82) is 0 Å². The van der Waals surface area contributed by atoms with Crippen LogP contribution in [-0.2, 0) is 12.8 Å². The van der Waals surface area contributed by atoms with Gasteiger partial charge in [-0.15, -0.1) is 11.3 Å². The first-order chi connectivity index (χ1) is 13.2. The first kappa shape index (κ1) is 20.2. The van der Waals surface area contributed by atoms with E-state index in [2.05, 4.69) is 5.32 Å². The molecule has 2 aromatic carbocycles. The van der Waals surface area contributed by atoms with Gasteiger partial charge in [-0.3, -0.25) is 4.79 Å². The molecule has 0 unspecified atom stereocenters. The smallest absolute Gasteiger partial charge is 0.417 e. The summed E-state index contributed by atoms with van der Waals surface area (Å²) in [5, 5.41) is 3.81. The number of anilines is 1. The zero-order valence-electron chi connectivity index (χ0n) is 14.6. The number of hydrogen-bond donors (Lipinski definition) is 1. The molecule has 1 heterocycles. The van der Waals surface area contributed by atoms with E-state index in [9.17, 15) is 18.0 Å². The molecule has 146 valence electrons. The molecule has 0 bridgehead atoms. The van der Waals surface area contributed by atoms with Crippen LogP contribution >= 0.6 is 22.9 Å². The van der Waals surface area contributed by atoms with Gasteiger partial charge in [0, 0.05) is 11.3 Å². The second-order valence-electron chi connectivity index (χ2n) is 6.07. The predicted molar refractivity (Wildman–Crippen MR) is 104 cm³/mol. The number of halogens is 4. The lowest BCUT2D eigenvalue weighted by Gasteiger charge is -2.11. The number of carbonyl (C=O) groups is 1. The summed E-state index contributed by atoms with van der Waals surface area (Å²) < 4.78 is 44.5. The van der Waals surface area contributed by atoms with Crippen LogP contribution < -0.4 is 10.1 Å². The third-order valence-electron chi connectivity index (χ3n) is 3.83. The number of amides is 1. The van der Waals surface area contributed by atoms with Gasteiger partial charge in [0.2, 0.25) is 0 Å². The zero-order valence-corrected chi connectivity index (χ0v) is 16.2. The van der Waals surface area contributed by atoms with Crippen molar-refractivity contribution in [3.63, 3.8) is 0 Å². The van der Waals surface area contributed by atoms with Gasteiger partial charge >= 0.3 is 6.18 Å². The van der Waals surface area contributed by atoms with Crippen molar-refractivity contribution in [1.82, 2.24) is 0 Å². The Morgan fingerprint density at radius 3 is 2.54 bits per heavy atom. The maximum absolute atomic E-state index is 12.9. The number of rotatable bonds is 5. The van der Waals surface area contributed by atoms with E-state index >= 15 is 0 Å². The average Bonchev–Trinajstić information content (AvgIpc) is 3.11. The molecule has 0 saturated carbocycles. The Labute approximate surface area is 168 Å². The molecular formula is C20H15ClF3NO2S. The van der Waals surface area contributed by atoms with E-state index in [1.807, 2.05) is 31.2 Å². The summed E-state index contributed by atoms with van der Waals surface area (Å²) >= 11 is 6.77. The van der Waals surface area contributed by atoms with E-state index < -0.39 is 22.7 Å². The molecule has 0 radical (unpaired) electrons. The molecule has 0 saturated heterocycles. The van der Waals surface area contributed by atoms with Crippen LogP contribution in [0.1, 0.15) is 26.4 Å². The fourth-order valence-electron chi connectivity index (χ4n) is 2.38. The van der Waals surface area contributed by atoms with E-state index in [0.717, 1.165) is 23.3 Å². The van der Waals surface area contributed by atoms with Gasteiger partial charge in [-0.25, -0.2) is 0 Å². The van der Waals surface area contributed by atoms with Crippen LogP contribution in [0.5, 0.6) is 5.75 Å². The van der Waals surface area contributed by atoms with Crippen molar-refractivity contribution >= 4 is 34.5 Å². The van der Waals surface area contributed by atoms with Crippen LogP contribution in [0.3, 0.4) is 0 Å². The lowest BCUT2D eigenvalue weighted by molar-refractivity contribution is -0.137. The Bertz CT molecular complexity index is 984. The van der Waals surface area contributed by atoms with Crippen LogP contribution in [-0.4, -0.2) is 5.91 Å². The van der Waals surface area contributed by atoms with Crippen LogP contribution in [0.15, 0.2) is 53.9 Å². The molecule has 28 heavy (non-hydrogen) atoms. The Hall–Kier alpha value is -2.51. The van der Waals surface area contributed by atoms with Gasteiger partial charge < -0.3 is 10.1 Å². The summed E-state index contributed by atoms with van der Waals surface area (Å²) in [6.45, 7) is 2.26. The van der Waals surface area contributed by atoms with E-state index in [4.69, 9.17) is 16.3 Å². The predicted octanol–water partition coefficient (Wildman–Crippen LogP) is 6.56. The van der Waals surface area contributed by atoms with Crippen molar-refractivity contribution in [3.05, 3.63) is 80.5 Å². The summed E-state index contributed by atoms with van der Waals surface area (Å²) in [5.74, 6) is 0.214. The quantitative estimate of drug-likeness (QED) is 0.502. The van der Waals surface area contributed by atoms with Gasteiger partial charge in [0.25, 0.3) is 5.91 Å². The summed E-state index contributed by atoms with van der Waals surface area (Å²) in [5.41, 5.74) is 0.943. The van der Waals surface area contributed by atoms with Gasteiger partial charge in [-0.1, -0.05) is 29.3 Å². The average molecular weight is 426 g/mol. The fourth-order valence-corrected chi connectivity index (χ4v) is 3.40. The summed E-state index contributed by atoms with van der Waals surface area (Å²) in [7, 11) is 0. The van der Waals surface area contributed by atoms with Crippen molar-refractivity contribution in [2.24, 2.45) is 0 Å². The number of benzene rings is 2. The molecule has 0 aliphatic heterocycles. The minimum Gasteiger partial charge on any atom is -0.489 e. The maximum atomic E-state index is 12.9.